The number of ketones is 1. The third-order valence-corrected chi connectivity index (χ3v) is 4.58. The van der Waals surface area contributed by atoms with Crippen LogP contribution in [0.25, 0.3) is 0 Å². The Morgan fingerprint density at radius 3 is 2.38 bits per heavy atom. The fourth-order valence-corrected chi connectivity index (χ4v) is 3.04. The van der Waals surface area contributed by atoms with Gasteiger partial charge in [0.15, 0.2) is 12.4 Å². The van der Waals surface area contributed by atoms with Gasteiger partial charge < -0.3 is 9.64 Å². The van der Waals surface area contributed by atoms with E-state index >= 15 is 0 Å². The number of carbonyl (C=O) groups excluding carboxylic acids is 2. The van der Waals surface area contributed by atoms with Gasteiger partial charge in [-0.1, -0.05) is 42.5 Å². The lowest BCUT2D eigenvalue weighted by Gasteiger charge is -2.34. The second-order valence-electron chi connectivity index (χ2n) is 6.52. The molecular formula is C21H24N2O3. The number of benzene rings is 2. The van der Waals surface area contributed by atoms with Crippen molar-refractivity contribution in [1.29, 1.82) is 0 Å². The van der Waals surface area contributed by atoms with Gasteiger partial charge in [0.1, 0.15) is 5.75 Å². The Labute approximate surface area is 154 Å². The van der Waals surface area contributed by atoms with Crippen LogP contribution < -0.4 is 4.74 Å². The van der Waals surface area contributed by atoms with Crippen LogP contribution in [0.4, 0.5) is 0 Å². The number of piperazine rings is 1. The molecule has 0 aromatic heterocycles. The topological polar surface area (TPSA) is 49.9 Å². The van der Waals surface area contributed by atoms with Crippen molar-refractivity contribution in [3.8, 4) is 5.75 Å². The van der Waals surface area contributed by atoms with Gasteiger partial charge in [0.05, 0.1) is 0 Å². The van der Waals surface area contributed by atoms with Gasteiger partial charge in [-0.25, -0.2) is 0 Å². The predicted octanol–water partition coefficient (Wildman–Crippen LogP) is 2.61. The zero-order valence-electron chi connectivity index (χ0n) is 15.1. The van der Waals surface area contributed by atoms with Crippen LogP contribution in [-0.4, -0.2) is 54.3 Å². The lowest BCUT2D eigenvalue weighted by Crippen LogP contribution is -2.49. The van der Waals surface area contributed by atoms with Crippen molar-refractivity contribution in [2.75, 3.05) is 32.8 Å². The first-order valence-corrected chi connectivity index (χ1v) is 8.89. The zero-order valence-corrected chi connectivity index (χ0v) is 15.1. The Kier molecular flexibility index (Phi) is 6.02. The molecule has 1 aliphatic heterocycles. The SMILES string of the molecule is CC(=O)c1cccc(OCC(=O)N2CCN(Cc3ccccc3)CC2)c1. The maximum absolute atomic E-state index is 12.4. The van der Waals surface area contributed by atoms with Gasteiger partial charge in [-0.15, -0.1) is 0 Å². The quantitative estimate of drug-likeness (QED) is 0.750. The van der Waals surface area contributed by atoms with Crippen molar-refractivity contribution in [3.63, 3.8) is 0 Å². The van der Waals surface area contributed by atoms with Crippen LogP contribution in [0, 0.1) is 0 Å². The van der Waals surface area contributed by atoms with Crippen LogP contribution in [0.15, 0.2) is 54.6 Å². The molecular weight excluding hydrogens is 328 g/mol. The predicted molar refractivity (Wildman–Crippen MR) is 100 cm³/mol. The standard InChI is InChI=1S/C21H24N2O3/c1-17(24)19-8-5-9-20(14-19)26-16-21(25)23-12-10-22(11-13-23)15-18-6-3-2-4-7-18/h2-9,14H,10-13,15-16H2,1H3. The Morgan fingerprint density at radius 2 is 1.69 bits per heavy atom. The third-order valence-electron chi connectivity index (χ3n) is 4.58. The molecule has 1 aliphatic rings. The number of amides is 1. The summed E-state index contributed by atoms with van der Waals surface area (Å²) >= 11 is 0. The molecule has 26 heavy (non-hydrogen) atoms. The normalized spacial score (nSPS) is 14.9. The monoisotopic (exact) mass is 352 g/mol. The molecule has 136 valence electrons. The number of rotatable bonds is 6. The minimum Gasteiger partial charge on any atom is -0.484 e. The van der Waals surface area contributed by atoms with Crippen LogP contribution in [0.1, 0.15) is 22.8 Å². The number of hydrogen-bond donors (Lipinski definition) is 0. The zero-order chi connectivity index (χ0) is 18.4. The van der Waals surface area contributed by atoms with Crippen molar-refractivity contribution >= 4 is 11.7 Å². The van der Waals surface area contributed by atoms with E-state index in [4.69, 9.17) is 4.74 Å². The van der Waals surface area contributed by atoms with Crippen LogP contribution >= 0.6 is 0 Å². The Balaban J connectivity index is 1.45. The molecule has 2 aromatic carbocycles. The molecule has 1 amide bonds. The van der Waals surface area contributed by atoms with Gasteiger partial charge in [0.25, 0.3) is 5.91 Å². The fourth-order valence-electron chi connectivity index (χ4n) is 3.04. The van der Waals surface area contributed by atoms with Gasteiger partial charge in [0.2, 0.25) is 0 Å². The Bertz CT molecular complexity index is 753. The average molecular weight is 352 g/mol. The summed E-state index contributed by atoms with van der Waals surface area (Å²) in [7, 11) is 0. The summed E-state index contributed by atoms with van der Waals surface area (Å²) in [6.07, 6.45) is 0. The van der Waals surface area contributed by atoms with E-state index < -0.39 is 0 Å². The minimum atomic E-state index is -0.0173. The van der Waals surface area contributed by atoms with Gasteiger partial charge in [-0.2, -0.15) is 0 Å². The van der Waals surface area contributed by atoms with E-state index in [1.54, 1.807) is 24.3 Å². The molecule has 1 heterocycles. The van der Waals surface area contributed by atoms with Gasteiger partial charge in [-0.05, 0) is 24.6 Å². The summed E-state index contributed by atoms with van der Waals surface area (Å²) in [5, 5.41) is 0. The summed E-state index contributed by atoms with van der Waals surface area (Å²) < 4.78 is 5.58. The molecule has 0 atom stereocenters. The molecule has 3 rings (SSSR count). The lowest BCUT2D eigenvalue weighted by molar-refractivity contribution is -0.135. The summed E-state index contributed by atoms with van der Waals surface area (Å²) in [5.41, 5.74) is 1.88. The second kappa shape index (κ2) is 8.63. The number of carbonyl (C=O) groups is 2. The Hall–Kier alpha value is -2.66. The first-order valence-electron chi connectivity index (χ1n) is 8.89. The largest absolute Gasteiger partial charge is 0.484 e. The van der Waals surface area contributed by atoms with Gasteiger partial charge in [-0.3, -0.25) is 14.5 Å². The molecule has 0 saturated carbocycles. The number of Topliss-reactive ketones (excluding diaryl/α,β-unsaturated/α-hetero) is 1. The van der Waals surface area contributed by atoms with E-state index in [2.05, 4.69) is 17.0 Å². The van der Waals surface area contributed by atoms with Crippen molar-refractivity contribution in [2.24, 2.45) is 0 Å². The highest BCUT2D eigenvalue weighted by atomic mass is 16.5. The summed E-state index contributed by atoms with van der Waals surface area (Å²) in [5.74, 6) is 0.516. The van der Waals surface area contributed by atoms with E-state index in [9.17, 15) is 9.59 Å². The number of hydrogen-bond acceptors (Lipinski definition) is 4. The molecule has 0 unspecified atom stereocenters. The van der Waals surface area contributed by atoms with Crippen molar-refractivity contribution < 1.29 is 14.3 Å². The van der Waals surface area contributed by atoms with E-state index in [-0.39, 0.29) is 18.3 Å². The molecule has 2 aromatic rings. The molecule has 0 aliphatic carbocycles. The number of ether oxygens (including phenoxy) is 1. The van der Waals surface area contributed by atoms with Crippen molar-refractivity contribution in [2.45, 2.75) is 13.5 Å². The van der Waals surface area contributed by atoms with Crippen LogP contribution in [-0.2, 0) is 11.3 Å². The lowest BCUT2D eigenvalue weighted by atomic mass is 10.1. The first-order chi connectivity index (χ1) is 12.6. The highest BCUT2D eigenvalue weighted by Crippen LogP contribution is 2.14. The molecule has 0 bridgehead atoms. The van der Waals surface area contributed by atoms with Crippen molar-refractivity contribution in [1.82, 2.24) is 9.80 Å². The molecule has 1 fully saturated rings. The summed E-state index contributed by atoms with van der Waals surface area (Å²) in [4.78, 5) is 28.0. The number of nitrogens with zero attached hydrogens (tertiary/aromatic N) is 2. The van der Waals surface area contributed by atoms with E-state index in [1.165, 1.54) is 12.5 Å². The molecule has 0 spiro atoms. The van der Waals surface area contributed by atoms with E-state index in [0.717, 1.165) is 19.6 Å². The maximum atomic E-state index is 12.4. The van der Waals surface area contributed by atoms with Crippen LogP contribution in [0.5, 0.6) is 5.75 Å². The average Bonchev–Trinajstić information content (AvgIpc) is 2.68. The fraction of sp³-hybridized carbons (Fsp3) is 0.333. The van der Waals surface area contributed by atoms with E-state index in [0.29, 0.717) is 24.4 Å². The molecule has 1 saturated heterocycles. The van der Waals surface area contributed by atoms with Gasteiger partial charge in [0, 0.05) is 38.3 Å². The summed E-state index contributed by atoms with van der Waals surface area (Å²) in [6, 6.07) is 17.3. The Morgan fingerprint density at radius 1 is 0.962 bits per heavy atom. The summed E-state index contributed by atoms with van der Waals surface area (Å²) in [6.45, 7) is 5.57. The maximum Gasteiger partial charge on any atom is 0.260 e. The first kappa shape index (κ1) is 18.1. The van der Waals surface area contributed by atoms with Crippen LogP contribution in [0.2, 0.25) is 0 Å². The van der Waals surface area contributed by atoms with Gasteiger partial charge >= 0.3 is 0 Å². The molecule has 0 N–H and O–H groups in total. The molecule has 0 radical (unpaired) electrons. The third kappa shape index (κ3) is 4.92. The van der Waals surface area contributed by atoms with Crippen molar-refractivity contribution in [3.05, 3.63) is 65.7 Å². The second-order valence-corrected chi connectivity index (χ2v) is 6.52. The van der Waals surface area contributed by atoms with E-state index in [1.807, 2.05) is 23.1 Å². The molecule has 5 nitrogen and oxygen atoms in total. The smallest absolute Gasteiger partial charge is 0.260 e. The molecule has 5 heteroatoms. The minimum absolute atomic E-state index is 0.0000430. The highest BCUT2D eigenvalue weighted by Gasteiger charge is 2.21. The highest BCUT2D eigenvalue weighted by molar-refractivity contribution is 5.94. The van der Waals surface area contributed by atoms with Crippen LogP contribution in [0.3, 0.4) is 0 Å².